The van der Waals surface area contributed by atoms with Gasteiger partial charge in [0.25, 0.3) is 10.0 Å². The summed E-state index contributed by atoms with van der Waals surface area (Å²) in [4.78, 5) is 0.747. The lowest BCUT2D eigenvalue weighted by atomic mass is 10.2. The predicted octanol–water partition coefficient (Wildman–Crippen LogP) is 2.86. The van der Waals surface area contributed by atoms with E-state index in [2.05, 4.69) is 4.72 Å². The van der Waals surface area contributed by atoms with Crippen LogP contribution in [0.1, 0.15) is 10.4 Å². The molecule has 4 N–H and O–H groups in total. The Bertz CT molecular complexity index is 764. The molecule has 0 bridgehead atoms. The van der Waals surface area contributed by atoms with Crippen molar-refractivity contribution in [1.82, 2.24) is 0 Å². The van der Waals surface area contributed by atoms with Gasteiger partial charge in [0.1, 0.15) is 5.84 Å². The van der Waals surface area contributed by atoms with Crippen molar-refractivity contribution in [2.45, 2.75) is 16.0 Å². The van der Waals surface area contributed by atoms with E-state index in [1.807, 2.05) is 13.2 Å². The fraction of sp³-hybridized carbons (Fsp3) is 0.154. The minimum absolute atomic E-state index is 0.0731. The smallest absolute Gasteiger partial charge is 0.261 e. The fourth-order valence-electron chi connectivity index (χ4n) is 1.65. The molecule has 21 heavy (non-hydrogen) atoms. The Balaban J connectivity index is 2.36. The Hall–Kier alpha value is -1.51. The van der Waals surface area contributed by atoms with Crippen molar-refractivity contribution >= 4 is 44.6 Å². The normalized spacial score (nSPS) is 11.3. The topological polar surface area (TPSA) is 96.0 Å². The van der Waals surface area contributed by atoms with Crippen LogP contribution in [0.4, 0.5) is 5.69 Å². The molecule has 1 aromatic carbocycles. The van der Waals surface area contributed by atoms with Crippen molar-refractivity contribution in [3.8, 4) is 0 Å². The van der Waals surface area contributed by atoms with E-state index in [1.54, 1.807) is 30.3 Å². The molecule has 0 atom stereocenters. The molecule has 0 aliphatic rings. The molecular weight excluding hydrogens is 326 g/mol. The summed E-state index contributed by atoms with van der Waals surface area (Å²) in [6.45, 7) is 1.90. The van der Waals surface area contributed by atoms with Gasteiger partial charge in [-0.3, -0.25) is 10.1 Å². The van der Waals surface area contributed by atoms with Crippen LogP contribution in [0.5, 0.6) is 0 Å². The second-order valence-electron chi connectivity index (χ2n) is 4.35. The first-order valence-corrected chi connectivity index (χ1v) is 9.47. The van der Waals surface area contributed by atoms with Gasteiger partial charge in [-0.05, 0) is 31.4 Å². The van der Waals surface area contributed by atoms with Crippen molar-refractivity contribution < 1.29 is 8.42 Å². The zero-order valence-electron chi connectivity index (χ0n) is 11.5. The summed E-state index contributed by atoms with van der Waals surface area (Å²) in [5.41, 5.74) is 6.90. The molecule has 0 amide bonds. The van der Waals surface area contributed by atoms with Crippen molar-refractivity contribution in [3.63, 3.8) is 0 Å². The fourth-order valence-corrected chi connectivity index (χ4v) is 4.48. The van der Waals surface area contributed by atoms with Crippen molar-refractivity contribution in [1.29, 1.82) is 5.41 Å². The number of nitrogens with one attached hydrogen (secondary N) is 2. The first kappa shape index (κ1) is 15.9. The second kappa shape index (κ2) is 6.08. The number of amidine groups is 1. The molecule has 2 rings (SSSR count). The van der Waals surface area contributed by atoms with Crippen LogP contribution in [0.2, 0.25) is 0 Å². The number of rotatable bonds is 5. The van der Waals surface area contributed by atoms with E-state index in [0.717, 1.165) is 9.77 Å². The molecule has 112 valence electrons. The molecule has 0 aliphatic heterocycles. The summed E-state index contributed by atoms with van der Waals surface area (Å²) < 4.78 is 28.1. The van der Waals surface area contributed by atoms with Gasteiger partial charge in [-0.15, -0.1) is 23.1 Å². The van der Waals surface area contributed by atoms with Crippen LogP contribution < -0.4 is 10.5 Å². The summed E-state index contributed by atoms with van der Waals surface area (Å²) in [7, 11) is -3.64. The molecule has 0 fully saturated rings. The van der Waals surface area contributed by atoms with Gasteiger partial charge < -0.3 is 5.73 Å². The third-order valence-corrected chi connectivity index (χ3v) is 6.41. The van der Waals surface area contributed by atoms with E-state index in [9.17, 15) is 8.42 Å². The van der Waals surface area contributed by atoms with Crippen molar-refractivity contribution in [3.05, 3.63) is 40.8 Å². The van der Waals surface area contributed by atoms with Crippen LogP contribution in [0, 0.1) is 12.3 Å². The van der Waals surface area contributed by atoms with Gasteiger partial charge in [-0.25, -0.2) is 8.42 Å². The van der Waals surface area contributed by atoms with Crippen LogP contribution in [0.25, 0.3) is 0 Å². The highest BCUT2D eigenvalue weighted by Gasteiger charge is 2.18. The number of nitrogens with two attached hydrogens (primary N) is 1. The lowest BCUT2D eigenvalue weighted by Crippen LogP contribution is -2.13. The summed E-state index contributed by atoms with van der Waals surface area (Å²) in [6, 6.07) is 8.21. The first-order chi connectivity index (χ1) is 9.83. The van der Waals surface area contributed by atoms with Crippen LogP contribution in [0.15, 0.2) is 39.4 Å². The summed E-state index contributed by atoms with van der Waals surface area (Å²) >= 11 is 2.70. The van der Waals surface area contributed by atoms with Crippen molar-refractivity contribution in [2.24, 2.45) is 5.73 Å². The highest BCUT2D eigenvalue weighted by molar-refractivity contribution is 8.00. The molecule has 0 aliphatic carbocycles. The number of hydrogen-bond acceptors (Lipinski definition) is 5. The number of thiophene rings is 1. The molecule has 2 aromatic rings. The van der Waals surface area contributed by atoms with Gasteiger partial charge in [-0.2, -0.15) is 0 Å². The highest BCUT2D eigenvalue weighted by Crippen LogP contribution is 2.35. The third-order valence-electron chi connectivity index (χ3n) is 2.72. The largest absolute Gasteiger partial charge is 0.383 e. The lowest BCUT2D eigenvalue weighted by Gasteiger charge is -2.08. The van der Waals surface area contributed by atoms with Gasteiger partial charge in [0, 0.05) is 0 Å². The van der Waals surface area contributed by atoms with Gasteiger partial charge in [0.2, 0.25) is 0 Å². The monoisotopic (exact) mass is 341 g/mol. The first-order valence-electron chi connectivity index (χ1n) is 5.95. The van der Waals surface area contributed by atoms with Gasteiger partial charge >= 0.3 is 0 Å². The minimum atomic E-state index is -3.64. The lowest BCUT2D eigenvalue weighted by molar-refractivity contribution is 0.601. The van der Waals surface area contributed by atoms with E-state index < -0.39 is 10.0 Å². The Kier molecular flexibility index (Phi) is 4.60. The average molecular weight is 341 g/mol. The standard InChI is InChI=1S/C13H15N3O2S3/c1-8-3-5-9(6-4-8)21(17,18)16-10-7-11(12(14)15)20-13(10)19-2/h3-7,16H,1-2H3,(H3,14,15). The number of hydrogen-bond donors (Lipinski definition) is 3. The van der Waals surface area contributed by atoms with E-state index in [1.165, 1.54) is 23.1 Å². The molecule has 0 spiro atoms. The molecule has 8 heteroatoms. The predicted molar refractivity (Wildman–Crippen MR) is 89.1 cm³/mol. The van der Waals surface area contributed by atoms with Crippen LogP contribution in [-0.2, 0) is 10.0 Å². The number of sulfonamides is 1. The Morgan fingerprint density at radius 1 is 1.33 bits per heavy atom. The molecule has 1 aromatic heterocycles. The summed E-state index contributed by atoms with van der Waals surface area (Å²) in [5, 5.41) is 7.44. The van der Waals surface area contributed by atoms with E-state index >= 15 is 0 Å². The maximum Gasteiger partial charge on any atom is 0.261 e. The molecule has 0 saturated heterocycles. The maximum absolute atomic E-state index is 12.4. The van der Waals surface area contributed by atoms with Crippen molar-refractivity contribution in [2.75, 3.05) is 11.0 Å². The zero-order chi connectivity index (χ0) is 15.6. The molecular formula is C13H15N3O2S3. The number of anilines is 1. The summed E-state index contributed by atoms with van der Waals surface area (Å²) in [6.07, 6.45) is 1.85. The third kappa shape index (κ3) is 3.58. The number of aryl methyl sites for hydroxylation is 1. The molecule has 5 nitrogen and oxygen atoms in total. The molecule has 0 radical (unpaired) electrons. The number of benzene rings is 1. The van der Waals surface area contributed by atoms with Crippen LogP contribution >= 0.6 is 23.1 Å². The molecule has 1 heterocycles. The van der Waals surface area contributed by atoms with Gasteiger partial charge in [0.15, 0.2) is 0 Å². The Labute approximate surface area is 132 Å². The minimum Gasteiger partial charge on any atom is -0.383 e. The van der Waals surface area contributed by atoms with E-state index in [4.69, 9.17) is 11.1 Å². The Morgan fingerprint density at radius 2 is 1.95 bits per heavy atom. The molecule has 0 unspecified atom stereocenters. The Morgan fingerprint density at radius 3 is 2.48 bits per heavy atom. The SMILES string of the molecule is CSc1sc(C(=N)N)cc1NS(=O)(=O)c1ccc(C)cc1. The quantitative estimate of drug-likeness (QED) is 0.442. The van der Waals surface area contributed by atoms with Crippen LogP contribution in [-0.4, -0.2) is 20.5 Å². The van der Waals surface area contributed by atoms with Gasteiger partial charge in [0.05, 0.1) is 19.7 Å². The zero-order valence-corrected chi connectivity index (χ0v) is 14.0. The van der Waals surface area contributed by atoms with E-state index in [-0.39, 0.29) is 10.7 Å². The second-order valence-corrected chi connectivity index (χ2v) is 8.16. The maximum atomic E-state index is 12.4. The van der Waals surface area contributed by atoms with Crippen LogP contribution in [0.3, 0.4) is 0 Å². The van der Waals surface area contributed by atoms with Gasteiger partial charge in [-0.1, -0.05) is 17.7 Å². The summed E-state index contributed by atoms with van der Waals surface area (Å²) in [5.74, 6) is -0.0731. The average Bonchev–Trinajstić information content (AvgIpc) is 2.81. The number of thioether (sulfide) groups is 1. The molecule has 0 saturated carbocycles. The van der Waals surface area contributed by atoms with E-state index in [0.29, 0.717) is 10.6 Å². The number of nitrogen functional groups attached to an aromatic ring is 1. The highest BCUT2D eigenvalue weighted by atomic mass is 32.2.